The molecule has 0 aromatic heterocycles. The molecular formula is C30H36ClN3O5S. The molecule has 0 unspecified atom stereocenters. The number of halogens is 1. The normalized spacial score (nSPS) is 12.8. The van der Waals surface area contributed by atoms with Crippen LogP contribution in [0.4, 0.5) is 5.69 Å². The molecular weight excluding hydrogens is 550 g/mol. The largest absolute Gasteiger partial charge is 0.497 e. The van der Waals surface area contributed by atoms with Crippen LogP contribution in [0, 0.1) is 6.92 Å². The molecule has 0 saturated heterocycles. The number of ether oxygens (including phenoxy) is 1. The predicted molar refractivity (Wildman–Crippen MR) is 158 cm³/mol. The Bertz CT molecular complexity index is 1420. The first kappa shape index (κ1) is 31.0. The fourth-order valence-corrected chi connectivity index (χ4v) is 5.83. The summed E-state index contributed by atoms with van der Waals surface area (Å²) in [6.45, 7) is 6.79. The molecule has 0 spiro atoms. The molecule has 0 aliphatic carbocycles. The molecule has 10 heteroatoms. The van der Waals surface area contributed by atoms with Gasteiger partial charge in [0.15, 0.2) is 0 Å². The molecule has 0 saturated carbocycles. The van der Waals surface area contributed by atoms with Crippen molar-refractivity contribution in [2.24, 2.45) is 0 Å². The van der Waals surface area contributed by atoms with E-state index in [1.165, 1.54) is 17.0 Å². The van der Waals surface area contributed by atoms with Crippen molar-refractivity contribution in [1.82, 2.24) is 10.2 Å². The summed E-state index contributed by atoms with van der Waals surface area (Å²) in [5.41, 5.74) is 1.67. The van der Waals surface area contributed by atoms with E-state index in [-0.39, 0.29) is 23.4 Å². The fraction of sp³-hybridized carbons (Fsp3) is 0.333. The number of carbonyl (C=O) groups excluding carboxylic acids is 2. The maximum atomic E-state index is 14.0. The second-order valence-electron chi connectivity index (χ2n) is 9.62. The van der Waals surface area contributed by atoms with Crippen LogP contribution in [0.3, 0.4) is 0 Å². The van der Waals surface area contributed by atoms with Crippen molar-refractivity contribution >= 4 is 39.1 Å². The van der Waals surface area contributed by atoms with Crippen LogP contribution >= 0.6 is 11.6 Å². The second-order valence-corrected chi connectivity index (χ2v) is 11.9. The summed E-state index contributed by atoms with van der Waals surface area (Å²) in [6, 6.07) is 18.9. The molecule has 2 atom stereocenters. The van der Waals surface area contributed by atoms with E-state index in [1.807, 2.05) is 13.8 Å². The Kier molecular flexibility index (Phi) is 10.6. The molecule has 0 radical (unpaired) electrons. The van der Waals surface area contributed by atoms with E-state index in [9.17, 15) is 18.0 Å². The minimum atomic E-state index is -4.14. The summed E-state index contributed by atoms with van der Waals surface area (Å²) in [6.07, 6.45) is 0.726. The Balaban J connectivity index is 2.04. The van der Waals surface area contributed by atoms with Crippen molar-refractivity contribution in [2.75, 3.05) is 18.0 Å². The number of hydrogen-bond donors (Lipinski definition) is 1. The molecule has 0 bridgehead atoms. The standard InChI is InChI=1S/C30H36ClN3O5S/c1-6-22(3)32-30(36)23(4)33(19-24-12-15-26(39-5)16-13-24)29(35)20-34(28-17-14-25(31)18-21(28)2)40(37,38)27-10-8-7-9-11-27/h7-18,22-23H,6,19-20H2,1-5H3,(H,32,36)/t22-,23+/m1/s1. The summed E-state index contributed by atoms with van der Waals surface area (Å²) < 4.78 is 34.1. The number of benzene rings is 3. The fourth-order valence-electron chi connectivity index (χ4n) is 4.11. The van der Waals surface area contributed by atoms with Gasteiger partial charge in [-0.1, -0.05) is 48.9 Å². The highest BCUT2D eigenvalue weighted by Crippen LogP contribution is 2.29. The van der Waals surface area contributed by atoms with Crippen LogP contribution in [-0.2, 0) is 26.2 Å². The van der Waals surface area contributed by atoms with Crippen molar-refractivity contribution in [3.8, 4) is 5.75 Å². The van der Waals surface area contributed by atoms with Gasteiger partial charge in [0.2, 0.25) is 11.8 Å². The smallest absolute Gasteiger partial charge is 0.264 e. The van der Waals surface area contributed by atoms with Crippen molar-refractivity contribution in [2.45, 2.75) is 57.6 Å². The van der Waals surface area contributed by atoms with Gasteiger partial charge in [0.05, 0.1) is 17.7 Å². The number of carbonyl (C=O) groups is 2. The zero-order chi connectivity index (χ0) is 29.4. The van der Waals surface area contributed by atoms with E-state index in [4.69, 9.17) is 16.3 Å². The number of aryl methyl sites for hydroxylation is 1. The Morgan fingerprint density at radius 3 is 2.23 bits per heavy atom. The van der Waals surface area contributed by atoms with Gasteiger partial charge in [-0.15, -0.1) is 0 Å². The molecule has 8 nitrogen and oxygen atoms in total. The number of nitrogens with zero attached hydrogens (tertiary/aromatic N) is 2. The van der Waals surface area contributed by atoms with E-state index in [0.29, 0.717) is 22.0 Å². The van der Waals surface area contributed by atoms with Gasteiger partial charge in [-0.05, 0) is 80.8 Å². The van der Waals surface area contributed by atoms with Crippen LogP contribution in [0.25, 0.3) is 0 Å². The molecule has 40 heavy (non-hydrogen) atoms. The Morgan fingerprint density at radius 2 is 1.65 bits per heavy atom. The molecule has 3 rings (SSSR count). The van der Waals surface area contributed by atoms with Crippen molar-refractivity contribution in [3.05, 3.63) is 88.9 Å². The molecule has 0 aliphatic rings. The van der Waals surface area contributed by atoms with Crippen LogP contribution in [0.1, 0.15) is 38.3 Å². The number of anilines is 1. The lowest BCUT2D eigenvalue weighted by Crippen LogP contribution is -2.52. The summed E-state index contributed by atoms with van der Waals surface area (Å²) >= 11 is 6.15. The molecule has 0 fully saturated rings. The molecule has 0 heterocycles. The van der Waals surface area contributed by atoms with Crippen LogP contribution in [0.15, 0.2) is 77.7 Å². The van der Waals surface area contributed by atoms with Gasteiger partial charge in [0.1, 0.15) is 18.3 Å². The molecule has 2 amide bonds. The quantitative estimate of drug-likeness (QED) is 0.316. The van der Waals surface area contributed by atoms with E-state index >= 15 is 0 Å². The highest BCUT2D eigenvalue weighted by atomic mass is 35.5. The maximum Gasteiger partial charge on any atom is 0.264 e. The van der Waals surface area contributed by atoms with Crippen LogP contribution in [-0.4, -0.2) is 50.9 Å². The van der Waals surface area contributed by atoms with Gasteiger partial charge in [-0.3, -0.25) is 13.9 Å². The number of methoxy groups -OCH3 is 1. The van der Waals surface area contributed by atoms with Gasteiger partial charge >= 0.3 is 0 Å². The molecule has 0 aliphatic heterocycles. The predicted octanol–water partition coefficient (Wildman–Crippen LogP) is 5.18. The highest BCUT2D eigenvalue weighted by molar-refractivity contribution is 7.92. The van der Waals surface area contributed by atoms with E-state index < -0.39 is 28.5 Å². The minimum absolute atomic E-state index is 0.0430. The van der Waals surface area contributed by atoms with Gasteiger partial charge in [-0.25, -0.2) is 8.42 Å². The lowest BCUT2D eigenvalue weighted by molar-refractivity contribution is -0.139. The first-order valence-corrected chi connectivity index (χ1v) is 14.9. The number of nitrogens with one attached hydrogen (secondary N) is 1. The number of sulfonamides is 1. The maximum absolute atomic E-state index is 14.0. The Hall–Kier alpha value is -3.56. The van der Waals surface area contributed by atoms with E-state index in [0.717, 1.165) is 16.3 Å². The van der Waals surface area contributed by atoms with Crippen molar-refractivity contribution in [1.29, 1.82) is 0 Å². The molecule has 3 aromatic carbocycles. The minimum Gasteiger partial charge on any atom is -0.497 e. The summed E-state index contributed by atoms with van der Waals surface area (Å²) in [4.78, 5) is 28.6. The SMILES string of the molecule is CC[C@@H](C)NC(=O)[C@H](C)N(Cc1ccc(OC)cc1)C(=O)CN(c1ccc(Cl)cc1C)S(=O)(=O)c1ccccc1. The van der Waals surface area contributed by atoms with Gasteiger partial charge in [0.25, 0.3) is 10.0 Å². The number of hydrogen-bond acceptors (Lipinski definition) is 5. The Morgan fingerprint density at radius 1 is 1.00 bits per heavy atom. The average molecular weight is 586 g/mol. The van der Waals surface area contributed by atoms with Crippen LogP contribution < -0.4 is 14.4 Å². The highest BCUT2D eigenvalue weighted by Gasteiger charge is 2.33. The first-order valence-electron chi connectivity index (χ1n) is 13.0. The number of amides is 2. The summed E-state index contributed by atoms with van der Waals surface area (Å²) in [5, 5.41) is 3.37. The topological polar surface area (TPSA) is 96.0 Å². The zero-order valence-corrected chi connectivity index (χ0v) is 25.0. The summed E-state index contributed by atoms with van der Waals surface area (Å²) in [5.74, 6) is -0.199. The van der Waals surface area contributed by atoms with E-state index in [1.54, 1.807) is 81.6 Å². The van der Waals surface area contributed by atoms with Crippen LogP contribution in [0.2, 0.25) is 5.02 Å². The van der Waals surface area contributed by atoms with Gasteiger partial charge in [-0.2, -0.15) is 0 Å². The Labute approximate surface area is 241 Å². The van der Waals surface area contributed by atoms with Gasteiger partial charge < -0.3 is 15.0 Å². The third kappa shape index (κ3) is 7.55. The van der Waals surface area contributed by atoms with E-state index in [2.05, 4.69) is 5.32 Å². The van der Waals surface area contributed by atoms with Gasteiger partial charge in [0, 0.05) is 17.6 Å². The number of rotatable bonds is 12. The first-order chi connectivity index (χ1) is 19.0. The van der Waals surface area contributed by atoms with Crippen LogP contribution in [0.5, 0.6) is 5.75 Å². The summed E-state index contributed by atoms with van der Waals surface area (Å²) in [7, 11) is -2.58. The lowest BCUT2D eigenvalue weighted by atomic mass is 10.1. The molecule has 3 aromatic rings. The third-order valence-corrected chi connectivity index (χ3v) is 8.73. The zero-order valence-electron chi connectivity index (χ0n) is 23.4. The lowest BCUT2D eigenvalue weighted by Gasteiger charge is -2.33. The average Bonchev–Trinajstić information content (AvgIpc) is 2.95. The monoisotopic (exact) mass is 585 g/mol. The van der Waals surface area contributed by atoms with Crippen molar-refractivity contribution < 1.29 is 22.7 Å². The van der Waals surface area contributed by atoms with Crippen molar-refractivity contribution in [3.63, 3.8) is 0 Å². The molecule has 1 N–H and O–H groups in total. The molecule has 214 valence electrons. The second kappa shape index (κ2) is 13.7. The third-order valence-electron chi connectivity index (χ3n) is 6.72.